The SMILES string of the molecule is CCOC(=O)C(C)(C)Oc1ccc(CNC(=O)c2cc(-c3cccc(N4CCCCC4)c3)nn2C)cc1C. The van der Waals surface area contributed by atoms with E-state index < -0.39 is 11.6 Å². The molecule has 4 rings (SSSR count). The number of anilines is 1. The van der Waals surface area contributed by atoms with Crippen LogP contribution in [-0.4, -0.2) is 47.0 Å². The lowest BCUT2D eigenvalue weighted by Crippen LogP contribution is -2.39. The molecule has 0 bridgehead atoms. The summed E-state index contributed by atoms with van der Waals surface area (Å²) in [5.74, 6) is -0.00874. The Hall–Kier alpha value is -3.81. The van der Waals surface area contributed by atoms with E-state index >= 15 is 0 Å². The van der Waals surface area contributed by atoms with Crippen molar-refractivity contribution >= 4 is 17.6 Å². The molecule has 8 nitrogen and oxygen atoms in total. The fraction of sp³-hybridized carbons (Fsp3) is 0.433. The first-order chi connectivity index (χ1) is 18.2. The molecule has 1 aromatic heterocycles. The Morgan fingerprint density at radius 2 is 1.82 bits per heavy atom. The molecule has 3 aromatic rings. The average molecular weight is 519 g/mol. The lowest BCUT2D eigenvalue weighted by atomic mass is 10.1. The number of aromatic nitrogens is 2. The molecule has 0 spiro atoms. The molecule has 38 heavy (non-hydrogen) atoms. The van der Waals surface area contributed by atoms with E-state index in [0.717, 1.165) is 35.5 Å². The molecule has 2 heterocycles. The van der Waals surface area contributed by atoms with Gasteiger partial charge in [-0.25, -0.2) is 4.79 Å². The molecule has 0 atom stereocenters. The maximum atomic E-state index is 13.0. The summed E-state index contributed by atoms with van der Waals surface area (Å²) in [4.78, 5) is 27.6. The van der Waals surface area contributed by atoms with Crippen LogP contribution in [0.2, 0.25) is 0 Å². The summed E-state index contributed by atoms with van der Waals surface area (Å²) in [6, 6.07) is 15.9. The Bertz CT molecular complexity index is 1290. The van der Waals surface area contributed by atoms with Crippen LogP contribution in [0.25, 0.3) is 11.3 Å². The van der Waals surface area contributed by atoms with Crippen LogP contribution < -0.4 is 15.0 Å². The second kappa shape index (κ2) is 11.7. The molecule has 1 aliphatic rings. The smallest absolute Gasteiger partial charge is 0.349 e. The fourth-order valence-electron chi connectivity index (χ4n) is 4.67. The second-order valence-corrected chi connectivity index (χ2v) is 10.3. The lowest BCUT2D eigenvalue weighted by molar-refractivity contribution is -0.158. The molecule has 1 saturated heterocycles. The number of nitrogens with zero attached hydrogens (tertiary/aromatic N) is 3. The van der Waals surface area contributed by atoms with E-state index in [2.05, 4.69) is 33.5 Å². The van der Waals surface area contributed by atoms with Crippen LogP contribution in [0.4, 0.5) is 5.69 Å². The van der Waals surface area contributed by atoms with Crippen LogP contribution >= 0.6 is 0 Å². The minimum Gasteiger partial charge on any atom is -0.476 e. The van der Waals surface area contributed by atoms with E-state index in [-0.39, 0.29) is 5.91 Å². The van der Waals surface area contributed by atoms with Crippen molar-refractivity contribution in [3.8, 4) is 17.0 Å². The van der Waals surface area contributed by atoms with Gasteiger partial charge in [-0.2, -0.15) is 5.10 Å². The van der Waals surface area contributed by atoms with Crippen molar-refractivity contribution in [3.05, 3.63) is 65.4 Å². The van der Waals surface area contributed by atoms with E-state index in [1.165, 1.54) is 24.9 Å². The molecule has 202 valence electrons. The normalized spacial score (nSPS) is 13.8. The zero-order chi connectivity index (χ0) is 27.3. The van der Waals surface area contributed by atoms with E-state index in [1.807, 2.05) is 37.3 Å². The zero-order valence-electron chi connectivity index (χ0n) is 23.0. The van der Waals surface area contributed by atoms with E-state index in [1.54, 1.807) is 32.5 Å². The first-order valence-corrected chi connectivity index (χ1v) is 13.3. The van der Waals surface area contributed by atoms with Gasteiger partial charge >= 0.3 is 5.97 Å². The van der Waals surface area contributed by atoms with Crippen molar-refractivity contribution in [2.24, 2.45) is 7.05 Å². The second-order valence-electron chi connectivity index (χ2n) is 10.3. The first kappa shape index (κ1) is 27.2. The van der Waals surface area contributed by atoms with Crippen molar-refractivity contribution in [3.63, 3.8) is 0 Å². The van der Waals surface area contributed by atoms with E-state index in [4.69, 9.17) is 9.47 Å². The third kappa shape index (κ3) is 6.36. The number of carbonyl (C=O) groups is 2. The maximum Gasteiger partial charge on any atom is 0.349 e. The van der Waals surface area contributed by atoms with Crippen molar-refractivity contribution in [2.45, 2.75) is 59.1 Å². The molecular formula is C30H38N4O4. The molecule has 8 heteroatoms. The topological polar surface area (TPSA) is 85.7 Å². The summed E-state index contributed by atoms with van der Waals surface area (Å²) in [7, 11) is 1.79. The highest BCUT2D eigenvalue weighted by Crippen LogP contribution is 2.27. The number of carbonyl (C=O) groups excluding carboxylic acids is 2. The third-order valence-electron chi connectivity index (χ3n) is 6.80. The number of benzene rings is 2. The van der Waals surface area contributed by atoms with Gasteiger partial charge in [0.05, 0.1) is 12.3 Å². The van der Waals surface area contributed by atoms with Gasteiger partial charge in [-0.1, -0.05) is 24.3 Å². The van der Waals surface area contributed by atoms with Gasteiger partial charge in [0.15, 0.2) is 5.60 Å². The van der Waals surface area contributed by atoms with Crippen molar-refractivity contribution in [2.75, 3.05) is 24.6 Å². The molecule has 0 radical (unpaired) electrons. The van der Waals surface area contributed by atoms with Gasteiger partial charge in [-0.15, -0.1) is 0 Å². The van der Waals surface area contributed by atoms with Gasteiger partial charge < -0.3 is 19.7 Å². The summed E-state index contributed by atoms with van der Waals surface area (Å²) < 4.78 is 12.7. The molecule has 1 aliphatic heterocycles. The van der Waals surface area contributed by atoms with Gasteiger partial charge in [0.25, 0.3) is 5.91 Å². The highest BCUT2D eigenvalue weighted by molar-refractivity contribution is 5.93. The van der Waals surface area contributed by atoms with Crippen molar-refractivity contribution in [1.29, 1.82) is 0 Å². The fourth-order valence-corrected chi connectivity index (χ4v) is 4.67. The summed E-state index contributed by atoms with van der Waals surface area (Å²) in [5.41, 5.74) is 4.17. The van der Waals surface area contributed by atoms with Crippen molar-refractivity contribution in [1.82, 2.24) is 15.1 Å². The van der Waals surface area contributed by atoms with E-state index in [0.29, 0.717) is 24.6 Å². The standard InChI is InChI=1S/C30H38N4O4/c1-6-37-29(36)30(3,4)38-27-14-13-22(17-21(27)2)20-31-28(35)26-19-25(32-33(26)5)23-11-10-12-24(18-23)34-15-8-7-9-16-34/h10-14,17-19H,6-9,15-16,20H2,1-5H3,(H,31,35). The number of esters is 1. The van der Waals surface area contributed by atoms with Gasteiger partial charge in [0.1, 0.15) is 11.4 Å². The first-order valence-electron chi connectivity index (χ1n) is 13.3. The van der Waals surface area contributed by atoms with Crippen LogP contribution in [-0.2, 0) is 23.1 Å². The quantitative estimate of drug-likeness (QED) is 0.400. The van der Waals surface area contributed by atoms with Crippen LogP contribution in [0.3, 0.4) is 0 Å². The number of hydrogen-bond acceptors (Lipinski definition) is 6. The molecular weight excluding hydrogens is 480 g/mol. The minimum atomic E-state index is -1.10. The molecule has 1 fully saturated rings. The van der Waals surface area contributed by atoms with E-state index in [9.17, 15) is 9.59 Å². The average Bonchev–Trinajstić information content (AvgIpc) is 3.31. The monoisotopic (exact) mass is 518 g/mol. The predicted octanol–water partition coefficient (Wildman–Crippen LogP) is 5.04. The Kier molecular flexibility index (Phi) is 8.39. The number of piperidine rings is 1. The lowest BCUT2D eigenvalue weighted by Gasteiger charge is -2.29. The van der Waals surface area contributed by atoms with Crippen LogP contribution in [0.5, 0.6) is 5.75 Å². The summed E-state index contributed by atoms with van der Waals surface area (Å²) in [6.45, 7) is 9.85. The minimum absolute atomic E-state index is 0.195. The molecule has 2 aromatic carbocycles. The molecule has 1 N–H and O–H groups in total. The Balaban J connectivity index is 1.40. The Morgan fingerprint density at radius 1 is 1.05 bits per heavy atom. The number of nitrogens with one attached hydrogen (secondary N) is 1. The van der Waals surface area contributed by atoms with Crippen molar-refractivity contribution < 1.29 is 19.1 Å². The molecule has 0 saturated carbocycles. The van der Waals surface area contributed by atoms with Gasteiger partial charge in [0.2, 0.25) is 0 Å². The van der Waals surface area contributed by atoms with Crippen LogP contribution in [0.15, 0.2) is 48.5 Å². The highest BCUT2D eigenvalue weighted by Gasteiger charge is 2.32. The Morgan fingerprint density at radius 3 is 2.53 bits per heavy atom. The molecule has 0 unspecified atom stereocenters. The number of rotatable bonds is 9. The summed E-state index contributed by atoms with van der Waals surface area (Å²) in [6.07, 6.45) is 3.73. The largest absolute Gasteiger partial charge is 0.476 e. The predicted molar refractivity (Wildman–Crippen MR) is 148 cm³/mol. The van der Waals surface area contributed by atoms with Gasteiger partial charge in [-0.05, 0) is 82.3 Å². The number of hydrogen-bond donors (Lipinski definition) is 1. The Labute approximate surface area is 224 Å². The third-order valence-corrected chi connectivity index (χ3v) is 6.80. The summed E-state index contributed by atoms with van der Waals surface area (Å²) >= 11 is 0. The van der Waals surface area contributed by atoms with Gasteiger partial charge in [-0.3, -0.25) is 9.48 Å². The highest BCUT2D eigenvalue weighted by atomic mass is 16.6. The van der Waals surface area contributed by atoms with Gasteiger partial charge in [0, 0.05) is 37.9 Å². The maximum absolute atomic E-state index is 13.0. The molecule has 0 aliphatic carbocycles. The molecule has 1 amide bonds. The van der Waals surface area contributed by atoms with Crippen LogP contribution in [0, 0.1) is 6.92 Å². The number of ether oxygens (including phenoxy) is 2. The zero-order valence-corrected chi connectivity index (χ0v) is 23.0. The summed E-state index contributed by atoms with van der Waals surface area (Å²) in [5, 5.41) is 7.60. The number of amides is 1. The number of aryl methyl sites for hydroxylation is 2. The van der Waals surface area contributed by atoms with Crippen LogP contribution in [0.1, 0.15) is 61.6 Å².